The molecule has 25 heavy (non-hydrogen) atoms. The van der Waals surface area contributed by atoms with Gasteiger partial charge in [0.15, 0.2) is 0 Å². The molecule has 0 saturated heterocycles. The molecule has 3 aromatic rings. The fourth-order valence-corrected chi connectivity index (χ4v) is 2.84. The SMILES string of the molecule is Cc1cc(-c2nnc(SCC(=O)Nc3ccc(Br)cc3F)o2)nn1C. The van der Waals surface area contributed by atoms with Gasteiger partial charge in [-0.3, -0.25) is 9.48 Å². The van der Waals surface area contributed by atoms with Gasteiger partial charge in [0, 0.05) is 17.2 Å². The highest BCUT2D eigenvalue weighted by atomic mass is 79.9. The summed E-state index contributed by atoms with van der Waals surface area (Å²) in [5, 5.41) is 14.8. The number of anilines is 1. The van der Waals surface area contributed by atoms with E-state index in [1.54, 1.807) is 10.7 Å². The monoisotopic (exact) mass is 425 g/mol. The lowest BCUT2D eigenvalue weighted by atomic mass is 10.3. The molecule has 2 heterocycles. The normalized spacial score (nSPS) is 10.9. The zero-order valence-corrected chi connectivity index (χ0v) is 15.7. The number of aromatic nitrogens is 4. The summed E-state index contributed by atoms with van der Waals surface area (Å²) in [6.45, 7) is 1.91. The maximum absolute atomic E-state index is 13.7. The smallest absolute Gasteiger partial charge is 0.277 e. The molecule has 0 saturated carbocycles. The molecule has 10 heteroatoms. The van der Waals surface area contributed by atoms with Crippen LogP contribution in [0, 0.1) is 12.7 Å². The molecule has 7 nitrogen and oxygen atoms in total. The second-order valence-corrected chi connectivity index (χ2v) is 6.97. The van der Waals surface area contributed by atoms with Crippen LogP contribution in [0.3, 0.4) is 0 Å². The van der Waals surface area contributed by atoms with Gasteiger partial charge in [-0.1, -0.05) is 27.7 Å². The van der Waals surface area contributed by atoms with Gasteiger partial charge in [0.1, 0.15) is 11.5 Å². The topological polar surface area (TPSA) is 85.8 Å². The van der Waals surface area contributed by atoms with Crippen molar-refractivity contribution in [2.24, 2.45) is 7.05 Å². The van der Waals surface area contributed by atoms with Gasteiger partial charge < -0.3 is 9.73 Å². The minimum Gasteiger partial charge on any atom is -0.410 e. The van der Waals surface area contributed by atoms with E-state index in [0.29, 0.717) is 10.2 Å². The maximum atomic E-state index is 13.7. The molecular weight excluding hydrogens is 413 g/mol. The van der Waals surface area contributed by atoms with Crippen molar-refractivity contribution in [1.82, 2.24) is 20.0 Å². The Morgan fingerprint density at radius 2 is 2.20 bits per heavy atom. The molecule has 0 aliphatic carbocycles. The van der Waals surface area contributed by atoms with E-state index in [9.17, 15) is 9.18 Å². The van der Waals surface area contributed by atoms with Gasteiger partial charge in [-0.05, 0) is 31.2 Å². The van der Waals surface area contributed by atoms with E-state index in [4.69, 9.17) is 4.42 Å². The van der Waals surface area contributed by atoms with Crippen LogP contribution >= 0.6 is 27.7 Å². The average molecular weight is 426 g/mol. The molecule has 0 unspecified atom stereocenters. The number of hydrogen-bond donors (Lipinski definition) is 1. The fourth-order valence-electron chi connectivity index (χ4n) is 1.94. The van der Waals surface area contributed by atoms with E-state index in [2.05, 4.69) is 36.5 Å². The van der Waals surface area contributed by atoms with Crippen molar-refractivity contribution >= 4 is 39.3 Å². The van der Waals surface area contributed by atoms with E-state index in [-0.39, 0.29) is 28.5 Å². The molecule has 0 spiro atoms. The zero-order valence-electron chi connectivity index (χ0n) is 13.3. The number of aryl methyl sites for hydroxylation is 2. The van der Waals surface area contributed by atoms with E-state index in [0.717, 1.165) is 17.5 Å². The van der Waals surface area contributed by atoms with Crippen LogP contribution in [-0.4, -0.2) is 31.6 Å². The minimum absolute atomic E-state index is 0.0123. The van der Waals surface area contributed by atoms with Crippen molar-refractivity contribution in [3.63, 3.8) is 0 Å². The van der Waals surface area contributed by atoms with E-state index < -0.39 is 5.82 Å². The first kappa shape index (κ1) is 17.6. The van der Waals surface area contributed by atoms with Crippen LogP contribution in [0.4, 0.5) is 10.1 Å². The Bertz CT molecular complexity index is 907. The molecule has 1 N–H and O–H groups in total. The Balaban J connectivity index is 1.59. The van der Waals surface area contributed by atoms with E-state index in [1.807, 2.05) is 20.0 Å². The number of halogens is 2. The Morgan fingerprint density at radius 1 is 1.40 bits per heavy atom. The molecule has 130 valence electrons. The number of nitrogens with one attached hydrogen (secondary N) is 1. The van der Waals surface area contributed by atoms with Crippen LogP contribution in [-0.2, 0) is 11.8 Å². The third kappa shape index (κ3) is 4.26. The van der Waals surface area contributed by atoms with Gasteiger partial charge in [0.05, 0.1) is 11.4 Å². The number of carbonyl (C=O) groups excluding carboxylic acids is 1. The number of hydrogen-bond acceptors (Lipinski definition) is 6. The maximum Gasteiger partial charge on any atom is 0.277 e. The lowest BCUT2D eigenvalue weighted by Crippen LogP contribution is -2.15. The predicted octanol–water partition coefficient (Wildman–Crippen LogP) is 3.41. The van der Waals surface area contributed by atoms with Gasteiger partial charge in [0.25, 0.3) is 11.1 Å². The zero-order chi connectivity index (χ0) is 18.0. The average Bonchev–Trinajstić information content (AvgIpc) is 3.15. The van der Waals surface area contributed by atoms with Crippen molar-refractivity contribution in [2.45, 2.75) is 12.1 Å². The quantitative estimate of drug-likeness (QED) is 0.630. The highest BCUT2D eigenvalue weighted by molar-refractivity contribution is 9.10. The van der Waals surface area contributed by atoms with Gasteiger partial charge in [-0.15, -0.1) is 10.2 Å². The number of amides is 1. The van der Waals surface area contributed by atoms with Gasteiger partial charge in [-0.25, -0.2) is 4.39 Å². The van der Waals surface area contributed by atoms with Crippen LogP contribution in [0.25, 0.3) is 11.6 Å². The lowest BCUT2D eigenvalue weighted by molar-refractivity contribution is -0.113. The second kappa shape index (κ2) is 7.36. The highest BCUT2D eigenvalue weighted by Gasteiger charge is 2.15. The molecule has 0 aliphatic rings. The van der Waals surface area contributed by atoms with Crippen molar-refractivity contribution in [3.8, 4) is 11.6 Å². The van der Waals surface area contributed by atoms with E-state index in [1.165, 1.54) is 12.1 Å². The molecule has 3 rings (SSSR count). The summed E-state index contributed by atoms with van der Waals surface area (Å²) >= 11 is 4.22. The highest BCUT2D eigenvalue weighted by Crippen LogP contribution is 2.23. The molecular formula is C15H13BrFN5O2S. The number of rotatable bonds is 5. The molecule has 0 aliphatic heterocycles. The summed E-state index contributed by atoms with van der Waals surface area (Å²) in [6, 6.07) is 6.23. The first-order valence-corrected chi connectivity index (χ1v) is 8.92. The van der Waals surface area contributed by atoms with E-state index >= 15 is 0 Å². The van der Waals surface area contributed by atoms with Gasteiger partial charge >= 0.3 is 0 Å². The molecule has 0 atom stereocenters. The molecule has 0 radical (unpaired) electrons. The minimum atomic E-state index is -0.515. The molecule has 1 aromatic carbocycles. The summed E-state index contributed by atoms with van der Waals surface area (Å²) in [4.78, 5) is 11.9. The molecule has 1 amide bonds. The number of benzene rings is 1. The van der Waals surface area contributed by atoms with Crippen molar-refractivity contribution in [2.75, 3.05) is 11.1 Å². The summed E-state index contributed by atoms with van der Waals surface area (Å²) in [5.41, 5.74) is 1.64. The predicted molar refractivity (Wildman–Crippen MR) is 94.7 cm³/mol. The van der Waals surface area contributed by atoms with Crippen LogP contribution in [0.2, 0.25) is 0 Å². The molecule has 0 fully saturated rings. The first-order chi connectivity index (χ1) is 11.9. The van der Waals surface area contributed by atoms with Crippen molar-refractivity contribution in [1.29, 1.82) is 0 Å². The van der Waals surface area contributed by atoms with Crippen molar-refractivity contribution in [3.05, 3.63) is 40.2 Å². The summed E-state index contributed by atoms with van der Waals surface area (Å²) < 4.78 is 21.5. The molecule has 2 aromatic heterocycles. The lowest BCUT2D eigenvalue weighted by Gasteiger charge is -2.05. The van der Waals surface area contributed by atoms with Gasteiger partial charge in [0.2, 0.25) is 5.91 Å². The number of carbonyl (C=O) groups is 1. The standard InChI is InChI=1S/C15H13BrFN5O2S/c1-8-5-12(21-22(8)2)14-19-20-15(24-14)25-7-13(23)18-11-4-3-9(16)6-10(11)17/h3-6H,7H2,1-2H3,(H,18,23). The Labute approximate surface area is 155 Å². The van der Waals surface area contributed by atoms with Gasteiger partial charge in [-0.2, -0.15) is 5.10 Å². The summed E-state index contributed by atoms with van der Waals surface area (Å²) in [6.07, 6.45) is 0. The van der Waals surface area contributed by atoms with Crippen LogP contribution in [0.15, 0.2) is 38.4 Å². The van der Waals surface area contributed by atoms with Crippen LogP contribution in [0.5, 0.6) is 0 Å². The third-order valence-electron chi connectivity index (χ3n) is 3.27. The van der Waals surface area contributed by atoms with Crippen molar-refractivity contribution < 1.29 is 13.6 Å². The summed E-state index contributed by atoms with van der Waals surface area (Å²) in [5.74, 6) is -0.596. The fraction of sp³-hybridized carbons (Fsp3) is 0.200. The van der Waals surface area contributed by atoms with Crippen LogP contribution < -0.4 is 5.32 Å². The van der Waals surface area contributed by atoms with Crippen LogP contribution in [0.1, 0.15) is 5.69 Å². The Morgan fingerprint density at radius 3 is 2.88 bits per heavy atom. The number of thioether (sulfide) groups is 1. The third-order valence-corrected chi connectivity index (χ3v) is 4.58. The Kier molecular flexibility index (Phi) is 5.19. The largest absolute Gasteiger partial charge is 0.410 e. The second-order valence-electron chi connectivity index (χ2n) is 5.13. The summed E-state index contributed by atoms with van der Waals surface area (Å²) in [7, 11) is 1.82. The number of nitrogens with zero attached hydrogens (tertiary/aromatic N) is 4. The Hall–Kier alpha value is -2.20. The molecule has 0 bridgehead atoms. The first-order valence-electron chi connectivity index (χ1n) is 7.14.